The minimum Gasteiger partial charge on any atom is -0.247 e. The summed E-state index contributed by atoms with van der Waals surface area (Å²) in [5.41, 5.74) is -6.96. The molecule has 0 bridgehead atoms. The fourth-order valence-electron chi connectivity index (χ4n) is 1.03. The van der Waals surface area contributed by atoms with Gasteiger partial charge in [-0.1, -0.05) is 0 Å². The van der Waals surface area contributed by atoms with E-state index in [1.807, 2.05) is 0 Å². The molecule has 8 heteroatoms. The van der Waals surface area contributed by atoms with Crippen LogP contribution < -0.4 is 0 Å². The molecule has 78 valence electrons. The molecule has 0 saturated carbocycles. The molecule has 1 heterocycles. The standard InChI is InChI=1S/C5H5F5O2S/c6-2-4(8)1-3(7)13(11,12)5(4,9)10/h3H,1-2H2. The molecule has 0 amide bonds. The van der Waals surface area contributed by atoms with Crippen molar-refractivity contribution in [3.05, 3.63) is 0 Å². The van der Waals surface area contributed by atoms with Crippen LogP contribution in [0.5, 0.6) is 0 Å². The third kappa shape index (κ3) is 1.07. The lowest BCUT2D eigenvalue weighted by Gasteiger charge is -2.20. The maximum atomic E-state index is 12.8. The van der Waals surface area contributed by atoms with E-state index in [0.717, 1.165) is 0 Å². The highest BCUT2D eigenvalue weighted by Crippen LogP contribution is 2.50. The first-order chi connectivity index (χ1) is 5.69. The predicted octanol–water partition coefficient (Wildman–Crippen LogP) is 1.37. The first-order valence-corrected chi connectivity index (χ1v) is 4.74. The molecule has 2 atom stereocenters. The minimum absolute atomic E-state index is 1.65. The van der Waals surface area contributed by atoms with Gasteiger partial charge >= 0.3 is 5.25 Å². The Bertz CT molecular complexity index is 313. The van der Waals surface area contributed by atoms with Crippen molar-refractivity contribution in [1.82, 2.24) is 0 Å². The lowest BCUT2D eigenvalue weighted by molar-refractivity contribution is -0.0766. The number of rotatable bonds is 1. The van der Waals surface area contributed by atoms with Crippen molar-refractivity contribution in [1.29, 1.82) is 0 Å². The van der Waals surface area contributed by atoms with E-state index in [2.05, 4.69) is 0 Å². The molecule has 0 N–H and O–H groups in total. The molecule has 1 rings (SSSR count). The van der Waals surface area contributed by atoms with E-state index < -0.39 is 39.4 Å². The zero-order chi connectivity index (χ0) is 10.5. The highest BCUT2D eigenvalue weighted by molar-refractivity contribution is 7.93. The molecule has 2 nitrogen and oxygen atoms in total. The molecular weight excluding hydrogens is 219 g/mol. The number of halogens is 5. The van der Waals surface area contributed by atoms with Crippen LogP contribution in [0.25, 0.3) is 0 Å². The summed E-state index contributed by atoms with van der Waals surface area (Å²) in [5.74, 6) is 0. The Morgan fingerprint density at radius 2 is 1.77 bits per heavy atom. The molecule has 0 aromatic carbocycles. The third-order valence-corrected chi connectivity index (χ3v) is 3.83. The molecule has 0 aromatic rings. The minimum atomic E-state index is -5.54. The second-order valence-corrected chi connectivity index (χ2v) is 4.89. The van der Waals surface area contributed by atoms with Gasteiger partial charge in [0.25, 0.3) is 9.84 Å². The van der Waals surface area contributed by atoms with Crippen molar-refractivity contribution in [3.63, 3.8) is 0 Å². The van der Waals surface area contributed by atoms with Gasteiger partial charge in [-0.05, 0) is 0 Å². The Morgan fingerprint density at radius 3 is 1.92 bits per heavy atom. The van der Waals surface area contributed by atoms with Crippen LogP contribution in [0, 0.1) is 0 Å². The summed E-state index contributed by atoms with van der Waals surface area (Å²) in [4.78, 5) is 0. The van der Waals surface area contributed by atoms with Crippen molar-refractivity contribution >= 4 is 9.84 Å². The fraction of sp³-hybridized carbons (Fsp3) is 1.00. The molecule has 13 heavy (non-hydrogen) atoms. The quantitative estimate of drug-likeness (QED) is 0.630. The van der Waals surface area contributed by atoms with E-state index in [1.165, 1.54) is 0 Å². The average molecular weight is 224 g/mol. The summed E-state index contributed by atoms with van der Waals surface area (Å²) in [6.45, 7) is -2.22. The van der Waals surface area contributed by atoms with Crippen LogP contribution in [0.1, 0.15) is 6.42 Å². The summed E-state index contributed by atoms with van der Waals surface area (Å²) >= 11 is 0. The normalized spacial score (nSPS) is 42.1. The van der Waals surface area contributed by atoms with E-state index in [0.29, 0.717) is 0 Å². The Kier molecular flexibility index (Phi) is 2.10. The summed E-state index contributed by atoms with van der Waals surface area (Å²) in [7, 11) is -5.54. The Balaban J connectivity index is 3.27. The first-order valence-electron chi connectivity index (χ1n) is 3.19. The Hall–Kier alpha value is -0.400. The SMILES string of the molecule is O=S1(=O)C(F)CC(F)(CF)C1(F)F. The van der Waals surface area contributed by atoms with Gasteiger partial charge in [-0.15, -0.1) is 0 Å². The van der Waals surface area contributed by atoms with Gasteiger partial charge < -0.3 is 0 Å². The number of alkyl halides is 5. The molecule has 1 aliphatic rings. The highest BCUT2D eigenvalue weighted by atomic mass is 32.2. The van der Waals surface area contributed by atoms with Crippen LogP contribution in [0.2, 0.25) is 0 Å². The maximum Gasteiger partial charge on any atom is 0.384 e. The van der Waals surface area contributed by atoms with Gasteiger partial charge in [-0.3, -0.25) is 0 Å². The summed E-state index contributed by atoms with van der Waals surface area (Å²) in [6, 6.07) is 0. The van der Waals surface area contributed by atoms with E-state index >= 15 is 0 Å². The van der Waals surface area contributed by atoms with Gasteiger partial charge in [0.2, 0.25) is 11.2 Å². The summed E-state index contributed by atoms with van der Waals surface area (Å²) < 4.78 is 83.1. The Morgan fingerprint density at radius 1 is 1.31 bits per heavy atom. The van der Waals surface area contributed by atoms with Crippen molar-refractivity contribution in [2.75, 3.05) is 6.67 Å². The molecule has 1 saturated heterocycles. The first kappa shape index (κ1) is 10.7. The van der Waals surface area contributed by atoms with Crippen LogP contribution >= 0.6 is 0 Å². The monoisotopic (exact) mass is 224 g/mol. The lowest BCUT2D eigenvalue weighted by atomic mass is 10.1. The summed E-state index contributed by atoms with van der Waals surface area (Å²) in [5, 5.41) is -4.98. The summed E-state index contributed by atoms with van der Waals surface area (Å²) in [6.07, 6.45) is -1.65. The van der Waals surface area contributed by atoms with Crippen LogP contribution in [0.3, 0.4) is 0 Å². The number of hydrogen-bond acceptors (Lipinski definition) is 2. The predicted molar refractivity (Wildman–Crippen MR) is 33.2 cm³/mol. The molecule has 0 spiro atoms. The van der Waals surface area contributed by atoms with Crippen LogP contribution in [0.15, 0.2) is 0 Å². The van der Waals surface area contributed by atoms with Gasteiger partial charge in [-0.2, -0.15) is 8.78 Å². The second kappa shape index (κ2) is 2.55. The zero-order valence-corrected chi connectivity index (χ0v) is 6.92. The van der Waals surface area contributed by atoms with Crippen molar-refractivity contribution in [2.24, 2.45) is 0 Å². The molecule has 1 aliphatic heterocycles. The van der Waals surface area contributed by atoms with E-state index in [1.54, 1.807) is 0 Å². The van der Waals surface area contributed by atoms with Gasteiger partial charge in [-0.25, -0.2) is 21.6 Å². The average Bonchev–Trinajstić information content (AvgIpc) is 2.12. The van der Waals surface area contributed by atoms with Gasteiger partial charge in [0.05, 0.1) is 0 Å². The topological polar surface area (TPSA) is 34.1 Å². The van der Waals surface area contributed by atoms with Gasteiger partial charge in [0.1, 0.15) is 6.67 Å². The Labute approximate surface area is 70.6 Å². The van der Waals surface area contributed by atoms with E-state index in [-0.39, 0.29) is 0 Å². The van der Waals surface area contributed by atoms with Crippen LogP contribution in [-0.4, -0.2) is 31.5 Å². The van der Waals surface area contributed by atoms with Crippen molar-refractivity contribution in [2.45, 2.75) is 22.8 Å². The molecule has 0 aliphatic carbocycles. The van der Waals surface area contributed by atoms with E-state index in [4.69, 9.17) is 0 Å². The van der Waals surface area contributed by atoms with Crippen LogP contribution in [-0.2, 0) is 9.84 Å². The smallest absolute Gasteiger partial charge is 0.247 e. The molecule has 0 radical (unpaired) electrons. The van der Waals surface area contributed by atoms with Crippen LogP contribution in [0.4, 0.5) is 22.0 Å². The number of hydrogen-bond donors (Lipinski definition) is 0. The van der Waals surface area contributed by atoms with Gasteiger partial charge in [0.15, 0.2) is 0 Å². The number of sulfone groups is 1. The highest BCUT2D eigenvalue weighted by Gasteiger charge is 2.73. The fourth-order valence-corrected chi connectivity index (χ4v) is 2.48. The van der Waals surface area contributed by atoms with E-state index in [9.17, 15) is 30.4 Å². The third-order valence-electron chi connectivity index (χ3n) is 1.91. The second-order valence-electron chi connectivity index (χ2n) is 2.77. The lowest BCUT2D eigenvalue weighted by Crippen LogP contribution is -2.45. The van der Waals surface area contributed by atoms with Crippen molar-refractivity contribution < 1.29 is 30.4 Å². The largest absolute Gasteiger partial charge is 0.384 e. The molecule has 0 aromatic heterocycles. The maximum absolute atomic E-state index is 12.8. The molecule has 2 unspecified atom stereocenters. The van der Waals surface area contributed by atoms with Crippen molar-refractivity contribution in [3.8, 4) is 0 Å². The van der Waals surface area contributed by atoms with Gasteiger partial charge in [0, 0.05) is 6.42 Å². The molecular formula is C5H5F5O2S. The zero-order valence-electron chi connectivity index (χ0n) is 6.11. The molecule has 1 fully saturated rings.